The number of sulfone groups is 1. The summed E-state index contributed by atoms with van der Waals surface area (Å²) in [6.07, 6.45) is 2.20. The number of hydrogen-bond donors (Lipinski definition) is 1. The van der Waals surface area contributed by atoms with Crippen molar-refractivity contribution >= 4 is 36.8 Å². The molecule has 2 unspecified atom stereocenters. The minimum atomic E-state index is -3.67. The van der Waals surface area contributed by atoms with Gasteiger partial charge in [0.2, 0.25) is 10.0 Å². The van der Waals surface area contributed by atoms with Gasteiger partial charge in [-0.25, -0.2) is 16.8 Å². The minimum Gasteiger partial charge on any atom is -0.385 e. The lowest BCUT2D eigenvalue weighted by Crippen LogP contribution is -2.40. The third kappa shape index (κ3) is 4.83. The highest BCUT2D eigenvalue weighted by Gasteiger charge is 2.30. The predicted molar refractivity (Wildman–Crippen MR) is 111 cm³/mol. The molecule has 0 bridgehead atoms. The summed E-state index contributed by atoms with van der Waals surface area (Å²) >= 11 is 0. The maximum atomic E-state index is 13.0. The van der Waals surface area contributed by atoms with Crippen LogP contribution < -0.4 is 10.2 Å². The number of amides is 1. The van der Waals surface area contributed by atoms with E-state index in [9.17, 15) is 21.6 Å². The number of rotatable bonds is 6. The lowest BCUT2D eigenvalue weighted by Gasteiger charge is -2.30. The first kappa shape index (κ1) is 22.0. The molecule has 2 aliphatic rings. The maximum absolute atomic E-state index is 13.0. The molecule has 170 valence electrons. The fourth-order valence-electron chi connectivity index (χ4n) is 3.95. The molecule has 2 aliphatic heterocycles. The number of aromatic nitrogens is 3. The van der Waals surface area contributed by atoms with Crippen LogP contribution in [0.5, 0.6) is 0 Å². The van der Waals surface area contributed by atoms with Gasteiger partial charge in [-0.05, 0) is 48.6 Å². The Morgan fingerprint density at radius 3 is 2.84 bits per heavy atom. The molecule has 2 aromatic rings. The Balaban J connectivity index is 1.46. The van der Waals surface area contributed by atoms with Crippen molar-refractivity contribution in [2.75, 3.05) is 31.2 Å². The number of nitrogens with one attached hydrogen (secondary N) is 1. The molecule has 1 N–H and O–H groups in total. The second-order valence-corrected chi connectivity index (χ2v) is 12.3. The van der Waals surface area contributed by atoms with E-state index >= 15 is 0 Å². The number of benzene rings is 1. The normalized spacial score (nSPS) is 24.3. The van der Waals surface area contributed by atoms with Crippen molar-refractivity contribution in [2.45, 2.75) is 37.1 Å². The molecule has 1 aromatic carbocycles. The highest BCUT2D eigenvalue weighted by atomic mass is 32.2. The molecule has 2 fully saturated rings. The Morgan fingerprint density at radius 2 is 2.13 bits per heavy atom. The van der Waals surface area contributed by atoms with Crippen molar-refractivity contribution in [3.63, 3.8) is 0 Å². The molecule has 0 radical (unpaired) electrons. The zero-order valence-electron chi connectivity index (χ0n) is 17.1. The van der Waals surface area contributed by atoms with E-state index in [1.807, 2.05) is 6.92 Å². The number of piperidine rings is 1. The molecule has 0 saturated carbocycles. The molecule has 1 aromatic heterocycles. The third-order valence-electron chi connectivity index (χ3n) is 5.56. The van der Waals surface area contributed by atoms with E-state index in [0.29, 0.717) is 36.5 Å². The van der Waals surface area contributed by atoms with Crippen LogP contribution in [-0.2, 0) is 24.7 Å². The summed E-state index contributed by atoms with van der Waals surface area (Å²) in [6.45, 7) is 2.58. The standard InChI is InChI=1S/C18H25N5O6S2/c1-13-3-2-7-22(10-13)31(27,28)15-4-5-16-17(9-15)23(21-20-16)29-11-18(24)19-14-6-8-30(25,26)12-14/h4-5,9,13-14H,2-3,6-8,10-12H2,1H3,(H,19,24). The molecule has 31 heavy (non-hydrogen) atoms. The van der Waals surface area contributed by atoms with Crippen LogP contribution in [0.2, 0.25) is 0 Å². The average Bonchev–Trinajstić information content (AvgIpc) is 3.28. The molecule has 0 spiro atoms. The van der Waals surface area contributed by atoms with Crippen molar-refractivity contribution in [3.8, 4) is 0 Å². The first-order valence-electron chi connectivity index (χ1n) is 10.1. The Labute approximate surface area is 180 Å². The van der Waals surface area contributed by atoms with Crippen LogP contribution in [0, 0.1) is 5.92 Å². The van der Waals surface area contributed by atoms with Crippen LogP contribution in [-0.4, -0.2) is 79.4 Å². The monoisotopic (exact) mass is 471 g/mol. The summed E-state index contributed by atoms with van der Waals surface area (Å²) < 4.78 is 50.6. The molecular weight excluding hydrogens is 446 g/mol. The summed E-state index contributed by atoms with van der Waals surface area (Å²) in [6, 6.07) is 4.04. The average molecular weight is 472 g/mol. The molecule has 0 aliphatic carbocycles. The van der Waals surface area contributed by atoms with Crippen LogP contribution >= 0.6 is 0 Å². The lowest BCUT2D eigenvalue weighted by molar-refractivity contribution is -0.126. The largest absolute Gasteiger partial charge is 0.385 e. The quantitative estimate of drug-likeness (QED) is 0.599. The lowest BCUT2D eigenvalue weighted by atomic mass is 10.0. The number of nitrogens with zero attached hydrogens (tertiary/aromatic N) is 4. The molecule has 11 nitrogen and oxygen atoms in total. The zero-order valence-corrected chi connectivity index (χ0v) is 18.7. The second-order valence-electron chi connectivity index (χ2n) is 8.16. The van der Waals surface area contributed by atoms with Crippen LogP contribution in [0.25, 0.3) is 11.0 Å². The fraction of sp³-hybridized carbons (Fsp3) is 0.611. The van der Waals surface area contributed by atoms with Gasteiger partial charge in [0.25, 0.3) is 5.91 Å². The topological polar surface area (TPSA) is 141 Å². The summed E-state index contributed by atoms with van der Waals surface area (Å²) in [7, 11) is -6.77. The molecule has 13 heteroatoms. The number of fused-ring (bicyclic) bond motifs is 1. The van der Waals surface area contributed by atoms with Crippen molar-refractivity contribution in [2.24, 2.45) is 5.92 Å². The van der Waals surface area contributed by atoms with Gasteiger partial charge in [0, 0.05) is 19.1 Å². The van der Waals surface area contributed by atoms with E-state index in [1.54, 1.807) is 6.07 Å². The highest BCUT2D eigenvalue weighted by molar-refractivity contribution is 7.91. The van der Waals surface area contributed by atoms with Gasteiger partial charge in [0.15, 0.2) is 16.4 Å². The first-order chi connectivity index (χ1) is 14.6. The van der Waals surface area contributed by atoms with Gasteiger partial charge in [0.05, 0.1) is 16.4 Å². The number of carbonyl (C=O) groups excluding carboxylic acids is 1. The van der Waals surface area contributed by atoms with Crippen molar-refractivity contribution in [1.82, 2.24) is 24.8 Å². The van der Waals surface area contributed by atoms with Gasteiger partial charge < -0.3 is 10.2 Å². The van der Waals surface area contributed by atoms with Crippen LogP contribution in [0.15, 0.2) is 23.1 Å². The number of sulfonamides is 1. The van der Waals surface area contributed by atoms with Crippen molar-refractivity contribution in [1.29, 1.82) is 0 Å². The molecular formula is C18H25N5O6S2. The van der Waals surface area contributed by atoms with Gasteiger partial charge in [-0.15, -0.1) is 5.10 Å². The first-order valence-corrected chi connectivity index (χ1v) is 13.4. The van der Waals surface area contributed by atoms with E-state index in [-0.39, 0.29) is 16.4 Å². The minimum absolute atomic E-state index is 0.0551. The summed E-state index contributed by atoms with van der Waals surface area (Å²) in [5.41, 5.74) is 0.746. The number of hydrogen-bond acceptors (Lipinski definition) is 8. The second kappa shape index (κ2) is 8.36. The summed E-state index contributed by atoms with van der Waals surface area (Å²) in [4.78, 5) is 18.6. The Morgan fingerprint density at radius 1 is 1.32 bits per heavy atom. The van der Waals surface area contributed by atoms with Gasteiger partial charge in [0.1, 0.15) is 11.0 Å². The maximum Gasteiger partial charge on any atom is 0.261 e. The van der Waals surface area contributed by atoms with Gasteiger partial charge in [-0.2, -0.15) is 4.31 Å². The zero-order chi connectivity index (χ0) is 22.2. The van der Waals surface area contributed by atoms with Gasteiger partial charge >= 0.3 is 0 Å². The molecule has 1 amide bonds. The van der Waals surface area contributed by atoms with Gasteiger partial charge in [-0.3, -0.25) is 4.79 Å². The van der Waals surface area contributed by atoms with Gasteiger partial charge in [-0.1, -0.05) is 11.8 Å². The molecule has 2 atom stereocenters. The van der Waals surface area contributed by atoms with Crippen molar-refractivity contribution < 1.29 is 26.5 Å². The SMILES string of the molecule is CC1CCCN(S(=O)(=O)c2ccc3nnn(OCC(=O)NC4CCS(=O)(=O)C4)c3c2)C1. The predicted octanol–water partition coefficient (Wildman–Crippen LogP) is -0.416. The molecule has 4 rings (SSSR count). The van der Waals surface area contributed by atoms with Crippen molar-refractivity contribution in [3.05, 3.63) is 18.2 Å². The van der Waals surface area contributed by atoms with E-state index in [0.717, 1.165) is 17.7 Å². The Kier molecular flexibility index (Phi) is 5.92. The Hall–Kier alpha value is -2.25. The highest BCUT2D eigenvalue weighted by Crippen LogP contribution is 2.25. The van der Waals surface area contributed by atoms with E-state index in [1.165, 1.54) is 16.4 Å². The summed E-state index contributed by atoms with van der Waals surface area (Å²) in [5.74, 6) is -0.214. The van der Waals surface area contributed by atoms with Crippen LogP contribution in [0.3, 0.4) is 0 Å². The Bertz CT molecular complexity index is 1190. The fourth-order valence-corrected chi connectivity index (χ4v) is 7.24. The van der Waals surface area contributed by atoms with E-state index in [2.05, 4.69) is 15.6 Å². The van der Waals surface area contributed by atoms with E-state index < -0.39 is 38.4 Å². The third-order valence-corrected chi connectivity index (χ3v) is 9.19. The summed E-state index contributed by atoms with van der Waals surface area (Å²) in [5, 5.41) is 10.4. The number of carbonyl (C=O) groups is 1. The molecule has 3 heterocycles. The molecule has 2 saturated heterocycles. The van der Waals surface area contributed by atoms with E-state index in [4.69, 9.17) is 4.84 Å². The smallest absolute Gasteiger partial charge is 0.261 e. The van der Waals surface area contributed by atoms with Crippen LogP contribution in [0.4, 0.5) is 0 Å². The van der Waals surface area contributed by atoms with Crippen LogP contribution in [0.1, 0.15) is 26.2 Å².